The highest BCUT2D eigenvalue weighted by atomic mass is 32.2. The van der Waals surface area contributed by atoms with Gasteiger partial charge in [-0.05, 0) is 68.9 Å². The fraction of sp³-hybridized carbons (Fsp3) is 0.348. The van der Waals surface area contributed by atoms with Gasteiger partial charge in [-0.2, -0.15) is 0 Å². The van der Waals surface area contributed by atoms with Crippen molar-refractivity contribution < 1.29 is 13.2 Å². The lowest BCUT2D eigenvalue weighted by molar-refractivity contribution is 0.0952. The molecule has 4 rings (SSSR count). The molecule has 1 heterocycles. The summed E-state index contributed by atoms with van der Waals surface area (Å²) in [6, 6.07) is 12.3. The summed E-state index contributed by atoms with van der Waals surface area (Å²) in [5.74, 6) is -0.173. The van der Waals surface area contributed by atoms with Crippen LogP contribution in [0.3, 0.4) is 0 Å². The van der Waals surface area contributed by atoms with E-state index in [1.165, 1.54) is 24.1 Å². The van der Waals surface area contributed by atoms with Crippen molar-refractivity contribution in [2.24, 2.45) is 0 Å². The molecule has 0 bridgehead atoms. The average molecular weight is 426 g/mol. The highest BCUT2D eigenvalue weighted by Gasteiger charge is 2.20. The molecule has 30 heavy (non-hydrogen) atoms. The Morgan fingerprint density at radius 1 is 1.10 bits per heavy atom. The van der Waals surface area contributed by atoms with Crippen LogP contribution in [0.25, 0.3) is 10.9 Å². The highest BCUT2D eigenvalue weighted by Crippen LogP contribution is 2.30. The second-order valence-electron chi connectivity index (χ2n) is 8.12. The number of sulfonamides is 1. The summed E-state index contributed by atoms with van der Waals surface area (Å²) in [5.41, 5.74) is 4.81. The van der Waals surface area contributed by atoms with Crippen LogP contribution in [0.1, 0.15) is 53.9 Å². The number of carbonyl (C=O) groups is 1. The molecule has 0 saturated heterocycles. The van der Waals surface area contributed by atoms with E-state index in [2.05, 4.69) is 21.1 Å². The van der Waals surface area contributed by atoms with Crippen LogP contribution in [0, 0.1) is 0 Å². The number of benzene rings is 2. The van der Waals surface area contributed by atoms with Gasteiger partial charge in [0.25, 0.3) is 5.91 Å². The number of hydrogen-bond acceptors (Lipinski definition) is 3. The minimum Gasteiger partial charge on any atom is -0.358 e. The number of hydrogen-bond donors (Lipinski definition) is 3. The molecule has 1 aliphatic carbocycles. The van der Waals surface area contributed by atoms with Crippen molar-refractivity contribution in [3.05, 3.63) is 64.8 Å². The quantitative estimate of drug-likeness (QED) is 0.563. The molecule has 6 nitrogen and oxygen atoms in total. The number of rotatable bonds is 6. The van der Waals surface area contributed by atoms with Crippen LogP contribution in [-0.4, -0.2) is 25.4 Å². The van der Waals surface area contributed by atoms with E-state index in [9.17, 15) is 13.2 Å². The predicted octanol–water partition coefficient (Wildman–Crippen LogP) is 3.66. The molecule has 1 amide bonds. The maximum atomic E-state index is 12.9. The molecular weight excluding hydrogens is 398 g/mol. The summed E-state index contributed by atoms with van der Waals surface area (Å²) in [4.78, 5) is 16.6. The van der Waals surface area contributed by atoms with E-state index < -0.39 is 10.0 Å². The Labute approximate surface area is 177 Å². The first kappa shape index (κ1) is 20.6. The lowest BCUT2D eigenvalue weighted by Gasteiger charge is -2.11. The molecule has 2 aromatic carbocycles. The van der Waals surface area contributed by atoms with Gasteiger partial charge in [0.05, 0.1) is 16.0 Å². The first-order chi connectivity index (χ1) is 14.3. The largest absolute Gasteiger partial charge is 0.358 e. The van der Waals surface area contributed by atoms with Crippen LogP contribution in [0.5, 0.6) is 0 Å². The summed E-state index contributed by atoms with van der Waals surface area (Å²) in [6.45, 7) is 3.81. The fourth-order valence-electron chi connectivity index (χ4n) is 4.10. The summed E-state index contributed by atoms with van der Waals surface area (Å²) in [6.07, 6.45) is 4.43. The normalized spacial score (nSPS) is 14.1. The Morgan fingerprint density at radius 3 is 2.67 bits per heavy atom. The van der Waals surface area contributed by atoms with Gasteiger partial charge in [0.2, 0.25) is 10.0 Å². The summed E-state index contributed by atoms with van der Waals surface area (Å²) < 4.78 is 27.4. The van der Waals surface area contributed by atoms with E-state index in [1.54, 1.807) is 32.0 Å². The van der Waals surface area contributed by atoms with Crippen LogP contribution in [-0.2, 0) is 29.4 Å². The lowest BCUT2D eigenvalue weighted by atomic mass is 9.95. The van der Waals surface area contributed by atoms with Crippen LogP contribution in [0.15, 0.2) is 47.4 Å². The van der Waals surface area contributed by atoms with E-state index in [0.717, 1.165) is 29.3 Å². The molecule has 0 unspecified atom stereocenters. The zero-order valence-corrected chi connectivity index (χ0v) is 18.1. The molecule has 0 spiro atoms. The van der Waals surface area contributed by atoms with Crippen LogP contribution < -0.4 is 10.0 Å². The van der Waals surface area contributed by atoms with Crippen LogP contribution in [0.4, 0.5) is 0 Å². The number of H-pyrrole nitrogens is 1. The topological polar surface area (TPSA) is 91.1 Å². The van der Waals surface area contributed by atoms with Crippen molar-refractivity contribution >= 4 is 26.8 Å². The number of carbonyl (C=O) groups excluding carboxylic acids is 1. The third-order valence-electron chi connectivity index (χ3n) is 5.43. The molecule has 7 heteroatoms. The summed E-state index contributed by atoms with van der Waals surface area (Å²) in [5, 5.41) is 4.06. The minimum atomic E-state index is -3.57. The molecular formula is C23H27N3O3S. The monoisotopic (exact) mass is 425 g/mol. The third kappa shape index (κ3) is 4.13. The number of aromatic nitrogens is 1. The summed E-state index contributed by atoms with van der Waals surface area (Å²) in [7, 11) is -3.57. The SMILES string of the molecule is CC(C)NS(=O)(=O)c1cccc(CNC(=O)c2cccc3c4c([nH]c23)CCCC4)c1. The Hall–Kier alpha value is -2.64. The van der Waals surface area contributed by atoms with E-state index >= 15 is 0 Å². The van der Waals surface area contributed by atoms with Crippen molar-refractivity contribution in [1.82, 2.24) is 15.0 Å². The van der Waals surface area contributed by atoms with Crippen molar-refractivity contribution in [3.8, 4) is 0 Å². The number of aromatic amines is 1. The summed E-state index contributed by atoms with van der Waals surface area (Å²) >= 11 is 0. The van der Waals surface area contributed by atoms with Gasteiger partial charge in [0.15, 0.2) is 0 Å². The fourth-order valence-corrected chi connectivity index (χ4v) is 5.42. The van der Waals surface area contributed by atoms with Gasteiger partial charge >= 0.3 is 0 Å². The molecule has 3 N–H and O–H groups in total. The van der Waals surface area contributed by atoms with Crippen molar-refractivity contribution in [2.45, 2.75) is 57.0 Å². The molecule has 0 radical (unpaired) electrons. The van der Waals surface area contributed by atoms with Crippen LogP contribution >= 0.6 is 0 Å². The van der Waals surface area contributed by atoms with Gasteiger partial charge in [-0.3, -0.25) is 4.79 Å². The second kappa shape index (κ2) is 8.24. The van der Waals surface area contributed by atoms with E-state index in [-0.39, 0.29) is 23.4 Å². The third-order valence-corrected chi connectivity index (χ3v) is 7.09. The first-order valence-electron chi connectivity index (χ1n) is 10.4. The molecule has 1 aromatic heterocycles. The Bertz CT molecular complexity index is 1200. The van der Waals surface area contributed by atoms with Crippen molar-refractivity contribution in [1.29, 1.82) is 0 Å². The van der Waals surface area contributed by atoms with Crippen molar-refractivity contribution in [3.63, 3.8) is 0 Å². The van der Waals surface area contributed by atoms with Gasteiger partial charge < -0.3 is 10.3 Å². The average Bonchev–Trinajstić information content (AvgIpc) is 3.10. The number of para-hydroxylation sites is 1. The molecule has 0 saturated carbocycles. The van der Waals surface area contributed by atoms with Gasteiger partial charge in [0.1, 0.15) is 0 Å². The standard InChI is InChI=1S/C23H27N3O3S/c1-15(2)26-30(28,29)17-8-5-7-16(13-17)14-24-23(27)20-11-6-10-19-18-9-3-4-12-21(18)25-22(19)20/h5-8,10-11,13,15,25-26H,3-4,9,12,14H2,1-2H3,(H,24,27). The van der Waals surface area contributed by atoms with Gasteiger partial charge in [-0.25, -0.2) is 13.1 Å². The number of aryl methyl sites for hydroxylation is 2. The van der Waals surface area contributed by atoms with Gasteiger partial charge in [-0.15, -0.1) is 0 Å². The second-order valence-corrected chi connectivity index (χ2v) is 9.84. The molecule has 0 atom stereocenters. The maximum absolute atomic E-state index is 12.9. The minimum absolute atomic E-state index is 0.173. The zero-order chi connectivity index (χ0) is 21.3. The molecule has 3 aromatic rings. The molecule has 1 aliphatic rings. The predicted molar refractivity (Wildman–Crippen MR) is 118 cm³/mol. The number of fused-ring (bicyclic) bond motifs is 3. The number of nitrogens with one attached hydrogen (secondary N) is 3. The lowest BCUT2D eigenvalue weighted by Crippen LogP contribution is -2.30. The van der Waals surface area contributed by atoms with Gasteiger partial charge in [-0.1, -0.05) is 24.3 Å². The molecule has 158 valence electrons. The maximum Gasteiger partial charge on any atom is 0.253 e. The Kier molecular flexibility index (Phi) is 5.66. The molecule has 0 aliphatic heterocycles. The van der Waals surface area contributed by atoms with E-state index in [0.29, 0.717) is 5.56 Å². The molecule has 0 fully saturated rings. The van der Waals surface area contributed by atoms with Gasteiger partial charge in [0, 0.05) is 23.7 Å². The first-order valence-corrected chi connectivity index (χ1v) is 11.9. The van der Waals surface area contributed by atoms with E-state index in [1.807, 2.05) is 18.2 Å². The van der Waals surface area contributed by atoms with E-state index in [4.69, 9.17) is 0 Å². The Morgan fingerprint density at radius 2 is 1.87 bits per heavy atom. The zero-order valence-electron chi connectivity index (χ0n) is 17.3. The van der Waals surface area contributed by atoms with Crippen LogP contribution in [0.2, 0.25) is 0 Å². The number of amides is 1. The Balaban J connectivity index is 1.53. The highest BCUT2D eigenvalue weighted by molar-refractivity contribution is 7.89. The van der Waals surface area contributed by atoms with Crippen molar-refractivity contribution in [2.75, 3.05) is 0 Å². The smallest absolute Gasteiger partial charge is 0.253 e.